The molecule has 140 valence electrons. The van der Waals surface area contributed by atoms with E-state index in [9.17, 15) is 9.59 Å². The molecule has 3 N–H and O–H groups in total. The second kappa shape index (κ2) is 10.1. The number of hydrazine groups is 2. The van der Waals surface area contributed by atoms with Crippen molar-refractivity contribution in [2.75, 3.05) is 19.7 Å². The molecular weight excluding hydrogens is 322 g/mol. The Kier molecular flexibility index (Phi) is 8.54. The minimum absolute atomic E-state index is 0.0211. The van der Waals surface area contributed by atoms with Gasteiger partial charge in [0.15, 0.2) is 0 Å². The molecule has 0 fully saturated rings. The number of hydrogen-bond acceptors (Lipinski definition) is 7. The highest BCUT2D eigenvalue weighted by molar-refractivity contribution is 5.78. The van der Waals surface area contributed by atoms with E-state index in [1.54, 1.807) is 6.92 Å². The maximum Gasteiger partial charge on any atom is 0.321 e. The van der Waals surface area contributed by atoms with Gasteiger partial charge >= 0.3 is 11.9 Å². The molecule has 0 saturated heterocycles. The molecule has 0 unspecified atom stereocenters. The first kappa shape index (κ1) is 21.1. The second-order valence-corrected chi connectivity index (χ2v) is 6.62. The van der Waals surface area contributed by atoms with Crippen LogP contribution in [0.5, 0.6) is 0 Å². The predicted molar refractivity (Wildman–Crippen MR) is 95.2 cm³/mol. The number of rotatable bonds is 9. The number of nitrogens with one attached hydrogen (secondary N) is 1. The van der Waals surface area contributed by atoms with Crippen LogP contribution in [-0.4, -0.2) is 42.4 Å². The van der Waals surface area contributed by atoms with Gasteiger partial charge in [0.25, 0.3) is 0 Å². The van der Waals surface area contributed by atoms with Gasteiger partial charge in [-0.05, 0) is 39.7 Å². The predicted octanol–water partition coefficient (Wildman–Crippen LogP) is 1.75. The van der Waals surface area contributed by atoms with Crippen LogP contribution in [0, 0.1) is 0 Å². The van der Waals surface area contributed by atoms with Crippen LogP contribution in [0.15, 0.2) is 30.3 Å². The van der Waals surface area contributed by atoms with Crippen molar-refractivity contribution < 1.29 is 19.1 Å². The van der Waals surface area contributed by atoms with Gasteiger partial charge in [-0.15, -0.1) is 0 Å². The summed E-state index contributed by atoms with van der Waals surface area (Å²) in [6.45, 7) is 7.91. The molecule has 0 aliphatic rings. The molecule has 1 rings (SSSR count). The van der Waals surface area contributed by atoms with Crippen molar-refractivity contribution in [1.82, 2.24) is 10.5 Å². The van der Waals surface area contributed by atoms with Gasteiger partial charge in [-0.2, -0.15) is 5.12 Å². The van der Waals surface area contributed by atoms with E-state index >= 15 is 0 Å². The van der Waals surface area contributed by atoms with E-state index in [0.29, 0.717) is 19.6 Å². The molecular formula is C18H29N3O4. The van der Waals surface area contributed by atoms with Gasteiger partial charge < -0.3 is 9.47 Å². The number of nitrogens with two attached hydrogens (primary N) is 1. The zero-order valence-corrected chi connectivity index (χ0v) is 15.5. The van der Waals surface area contributed by atoms with Crippen LogP contribution in [0.4, 0.5) is 0 Å². The van der Waals surface area contributed by atoms with Crippen molar-refractivity contribution in [1.29, 1.82) is 0 Å². The van der Waals surface area contributed by atoms with E-state index in [4.69, 9.17) is 15.3 Å². The average Bonchev–Trinajstić information content (AvgIpc) is 2.53. The molecule has 0 bridgehead atoms. The second-order valence-electron chi connectivity index (χ2n) is 6.62. The Morgan fingerprint density at radius 2 is 1.88 bits per heavy atom. The Bertz CT molecular complexity index is 543. The van der Waals surface area contributed by atoms with E-state index in [1.807, 2.05) is 51.1 Å². The summed E-state index contributed by atoms with van der Waals surface area (Å²) in [4.78, 5) is 23.9. The smallest absolute Gasteiger partial charge is 0.321 e. The van der Waals surface area contributed by atoms with Crippen LogP contribution in [-0.2, 0) is 19.1 Å². The van der Waals surface area contributed by atoms with Crippen LogP contribution in [0.25, 0.3) is 0 Å². The van der Waals surface area contributed by atoms with Gasteiger partial charge in [0.05, 0.1) is 12.5 Å². The Hall–Kier alpha value is -1.96. The topological polar surface area (TPSA) is 93.9 Å². The Morgan fingerprint density at radius 1 is 1.24 bits per heavy atom. The fraction of sp³-hybridized carbons (Fsp3) is 0.556. The van der Waals surface area contributed by atoms with Crippen molar-refractivity contribution in [3.05, 3.63) is 35.9 Å². The number of esters is 2. The summed E-state index contributed by atoms with van der Waals surface area (Å²) >= 11 is 0. The van der Waals surface area contributed by atoms with Gasteiger partial charge in [-0.3, -0.25) is 15.4 Å². The molecule has 0 amide bonds. The summed E-state index contributed by atoms with van der Waals surface area (Å²) in [5.41, 5.74) is 3.06. The molecule has 7 nitrogen and oxygen atoms in total. The number of benzene rings is 1. The molecule has 1 aromatic rings. The third-order valence-electron chi connectivity index (χ3n) is 3.28. The van der Waals surface area contributed by atoms with Crippen molar-refractivity contribution in [3.63, 3.8) is 0 Å². The van der Waals surface area contributed by atoms with Crippen LogP contribution >= 0.6 is 0 Å². The molecule has 0 aliphatic carbocycles. The molecule has 0 radical (unpaired) electrons. The lowest BCUT2D eigenvalue weighted by Crippen LogP contribution is -2.47. The molecule has 0 spiro atoms. The summed E-state index contributed by atoms with van der Waals surface area (Å²) in [5, 5.41) is 1.29. The zero-order valence-electron chi connectivity index (χ0n) is 15.5. The Labute approximate surface area is 149 Å². The van der Waals surface area contributed by atoms with Gasteiger partial charge in [-0.1, -0.05) is 30.3 Å². The fourth-order valence-corrected chi connectivity index (χ4v) is 2.20. The van der Waals surface area contributed by atoms with Crippen LogP contribution in [0.3, 0.4) is 0 Å². The van der Waals surface area contributed by atoms with Gasteiger partial charge in [-0.25, -0.2) is 5.43 Å². The molecule has 0 saturated carbocycles. The Morgan fingerprint density at radius 3 is 2.44 bits per heavy atom. The highest BCUT2D eigenvalue weighted by Gasteiger charge is 2.26. The van der Waals surface area contributed by atoms with E-state index in [-0.39, 0.29) is 18.5 Å². The minimum atomic E-state index is -0.561. The normalized spacial score (nSPS) is 12.7. The average molecular weight is 351 g/mol. The van der Waals surface area contributed by atoms with Crippen molar-refractivity contribution in [2.45, 2.75) is 45.6 Å². The zero-order chi connectivity index (χ0) is 18.9. The molecule has 0 heterocycles. The summed E-state index contributed by atoms with van der Waals surface area (Å²) in [5.74, 6) is 4.72. The van der Waals surface area contributed by atoms with Crippen LogP contribution in [0.2, 0.25) is 0 Å². The van der Waals surface area contributed by atoms with E-state index in [1.165, 1.54) is 5.12 Å². The van der Waals surface area contributed by atoms with Crippen molar-refractivity contribution >= 4 is 11.9 Å². The molecule has 0 aromatic heterocycles. The van der Waals surface area contributed by atoms with Crippen LogP contribution < -0.4 is 11.3 Å². The molecule has 0 aliphatic heterocycles. The lowest BCUT2D eigenvalue weighted by Gasteiger charge is -2.25. The highest BCUT2D eigenvalue weighted by atomic mass is 16.6. The number of carbonyl (C=O) groups is 2. The van der Waals surface area contributed by atoms with E-state index in [2.05, 4.69) is 5.43 Å². The van der Waals surface area contributed by atoms with Gasteiger partial charge in [0.2, 0.25) is 0 Å². The van der Waals surface area contributed by atoms with Gasteiger partial charge in [0.1, 0.15) is 12.1 Å². The maximum atomic E-state index is 12.5. The van der Waals surface area contributed by atoms with Crippen molar-refractivity contribution in [2.24, 2.45) is 5.84 Å². The van der Waals surface area contributed by atoms with Gasteiger partial charge in [0, 0.05) is 6.54 Å². The van der Waals surface area contributed by atoms with Crippen molar-refractivity contribution in [3.8, 4) is 0 Å². The minimum Gasteiger partial charge on any atom is -0.465 e. The summed E-state index contributed by atoms with van der Waals surface area (Å²) in [6.07, 6.45) is 0.450. The van der Waals surface area contributed by atoms with E-state index < -0.39 is 11.5 Å². The standard InChI is InChI=1S/C18H29N3O4/c1-5-24-16(22)13-20-21(19)12-11-15(14-9-7-6-8-10-14)17(23)25-18(2,3)4/h6-10,15,20H,5,11-13,19H2,1-4H3/t15-/m0/s1. The largest absolute Gasteiger partial charge is 0.465 e. The summed E-state index contributed by atoms with van der Waals surface area (Å²) in [7, 11) is 0. The fourth-order valence-electron chi connectivity index (χ4n) is 2.20. The number of ether oxygens (including phenoxy) is 2. The third kappa shape index (κ3) is 8.62. The number of nitrogens with zero attached hydrogens (tertiary/aromatic N) is 1. The Balaban J connectivity index is 2.65. The summed E-state index contributed by atoms with van der Waals surface area (Å²) in [6, 6.07) is 9.44. The van der Waals surface area contributed by atoms with Crippen LogP contribution in [0.1, 0.15) is 45.6 Å². The molecule has 25 heavy (non-hydrogen) atoms. The first-order chi connectivity index (χ1) is 11.7. The lowest BCUT2D eigenvalue weighted by molar-refractivity contribution is -0.157. The quantitative estimate of drug-likeness (QED) is 0.398. The SMILES string of the molecule is CCOC(=O)CNN(N)CC[C@H](C(=O)OC(C)(C)C)c1ccccc1. The molecule has 1 aromatic carbocycles. The summed E-state index contributed by atoms with van der Waals surface area (Å²) < 4.78 is 10.3. The van der Waals surface area contributed by atoms with E-state index in [0.717, 1.165) is 5.56 Å². The molecule has 7 heteroatoms. The number of carbonyl (C=O) groups excluding carboxylic acids is 2. The first-order valence-electron chi connectivity index (χ1n) is 8.42. The monoisotopic (exact) mass is 351 g/mol. The number of hydrogen-bond donors (Lipinski definition) is 2. The molecule has 1 atom stereocenters. The first-order valence-corrected chi connectivity index (χ1v) is 8.42. The third-order valence-corrected chi connectivity index (χ3v) is 3.28. The highest BCUT2D eigenvalue weighted by Crippen LogP contribution is 2.24. The lowest BCUT2D eigenvalue weighted by atomic mass is 9.95. The maximum absolute atomic E-state index is 12.5.